The molecule has 1 N–H and O–H groups in total. The van der Waals surface area contributed by atoms with E-state index in [1.807, 2.05) is 0 Å². The summed E-state index contributed by atoms with van der Waals surface area (Å²) in [6.07, 6.45) is 0. The van der Waals surface area contributed by atoms with Gasteiger partial charge in [0, 0.05) is 10.7 Å². The summed E-state index contributed by atoms with van der Waals surface area (Å²) in [6.45, 7) is 0. The molecule has 2 nitrogen and oxygen atoms in total. The second-order valence-corrected chi connectivity index (χ2v) is 4.55. The van der Waals surface area contributed by atoms with E-state index >= 15 is 0 Å². The topological polar surface area (TPSA) is 29.1 Å². The molecule has 0 aliphatic carbocycles. The van der Waals surface area contributed by atoms with Gasteiger partial charge in [-0.3, -0.25) is 4.79 Å². The lowest BCUT2D eigenvalue weighted by Gasteiger charge is -2.07. The third-order valence-electron chi connectivity index (χ3n) is 2.34. The van der Waals surface area contributed by atoms with Crippen LogP contribution in [0.1, 0.15) is 10.4 Å². The number of hydrogen-bond acceptors (Lipinski definition) is 1. The van der Waals surface area contributed by atoms with Gasteiger partial charge in [-0.05, 0) is 30.3 Å². The lowest BCUT2D eigenvalue weighted by molar-refractivity contribution is 0.102. The van der Waals surface area contributed by atoms with E-state index < -0.39 is 17.5 Å². The lowest BCUT2D eigenvalue weighted by atomic mass is 10.2. The van der Waals surface area contributed by atoms with Gasteiger partial charge in [-0.2, -0.15) is 0 Å². The second kappa shape index (κ2) is 5.55. The summed E-state index contributed by atoms with van der Waals surface area (Å²) >= 11 is 11.5. The van der Waals surface area contributed by atoms with Gasteiger partial charge in [0.15, 0.2) is 11.6 Å². The number of carbonyl (C=O) groups is 1. The predicted molar refractivity (Wildman–Crippen MR) is 70.8 cm³/mol. The van der Waals surface area contributed by atoms with Gasteiger partial charge >= 0.3 is 0 Å². The fourth-order valence-corrected chi connectivity index (χ4v) is 1.89. The first-order valence-electron chi connectivity index (χ1n) is 5.19. The van der Waals surface area contributed by atoms with Gasteiger partial charge in [0.05, 0.1) is 10.6 Å². The molecule has 0 spiro atoms. The van der Waals surface area contributed by atoms with Crippen LogP contribution in [0.3, 0.4) is 0 Å². The maximum atomic E-state index is 13.1. The molecule has 1 amide bonds. The van der Waals surface area contributed by atoms with Crippen molar-refractivity contribution in [3.8, 4) is 0 Å². The summed E-state index contributed by atoms with van der Waals surface area (Å²) in [5.74, 6) is -2.89. The Kier molecular flexibility index (Phi) is 4.02. The van der Waals surface area contributed by atoms with Gasteiger partial charge in [-0.15, -0.1) is 0 Å². The molecule has 0 unspecified atom stereocenters. The van der Waals surface area contributed by atoms with Gasteiger partial charge < -0.3 is 5.32 Å². The molecule has 98 valence electrons. The Balaban J connectivity index is 2.28. The molecule has 0 aromatic heterocycles. The summed E-state index contributed by atoms with van der Waals surface area (Å²) in [5, 5.41) is 2.76. The van der Waals surface area contributed by atoms with Crippen molar-refractivity contribution in [1.29, 1.82) is 0 Å². The van der Waals surface area contributed by atoms with Crippen molar-refractivity contribution in [2.75, 3.05) is 5.32 Å². The maximum Gasteiger partial charge on any atom is 0.257 e. The largest absolute Gasteiger partial charge is 0.322 e. The molecule has 0 saturated heterocycles. The van der Waals surface area contributed by atoms with E-state index in [1.165, 1.54) is 6.07 Å². The summed E-state index contributed by atoms with van der Waals surface area (Å²) in [5.41, 5.74) is 0.277. The Morgan fingerprint density at radius 2 is 1.74 bits per heavy atom. The summed E-state index contributed by atoms with van der Waals surface area (Å²) in [6, 6.07) is 7.92. The SMILES string of the molecule is O=C(Nc1cccc(Cl)c1)c1cc(F)c(F)cc1Cl. The molecule has 0 atom stereocenters. The number of rotatable bonds is 2. The normalized spacial score (nSPS) is 10.3. The van der Waals surface area contributed by atoms with E-state index in [2.05, 4.69) is 5.32 Å². The molecule has 0 aliphatic rings. The van der Waals surface area contributed by atoms with Gasteiger partial charge in [0.25, 0.3) is 5.91 Å². The van der Waals surface area contributed by atoms with Crippen molar-refractivity contribution in [1.82, 2.24) is 0 Å². The molecule has 19 heavy (non-hydrogen) atoms. The van der Waals surface area contributed by atoms with Crippen molar-refractivity contribution in [2.45, 2.75) is 0 Å². The van der Waals surface area contributed by atoms with Crippen LogP contribution in [0.15, 0.2) is 36.4 Å². The number of nitrogens with one attached hydrogen (secondary N) is 1. The third-order valence-corrected chi connectivity index (χ3v) is 2.88. The molecule has 0 saturated carbocycles. The van der Waals surface area contributed by atoms with Crippen molar-refractivity contribution >= 4 is 34.8 Å². The second-order valence-electron chi connectivity index (χ2n) is 3.71. The molecule has 0 fully saturated rings. The predicted octanol–water partition coefficient (Wildman–Crippen LogP) is 4.52. The van der Waals surface area contributed by atoms with Crippen molar-refractivity contribution in [3.63, 3.8) is 0 Å². The minimum absolute atomic E-state index is 0.152. The first kappa shape index (κ1) is 13.8. The van der Waals surface area contributed by atoms with Crippen LogP contribution in [0.5, 0.6) is 0 Å². The van der Waals surface area contributed by atoms with E-state index in [4.69, 9.17) is 23.2 Å². The van der Waals surface area contributed by atoms with Crippen molar-refractivity contribution < 1.29 is 13.6 Å². The molecule has 2 rings (SSSR count). The first-order chi connectivity index (χ1) is 8.97. The molecule has 2 aromatic rings. The average Bonchev–Trinajstić information content (AvgIpc) is 2.33. The zero-order valence-corrected chi connectivity index (χ0v) is 10.9. The van der Waals surface area contributed by atoms with E-state index in [0.717, 1.165) is 12.1 Å². The van der Waals surface area contributed by atoms with Crippen LogP contribution < -0.4 is 5.32 Å². The van der Waals surface area contributed by atoms with E-state index in [-0.39, 0.29) is 10.6 Å². The van der Waals surface area contributed by atoms with Crippen LogP contribution in [0.4, 0.5) is 14.5 Å². The zero-order valence-electron chi connectivity index (χ0n) is 9.38. The Morgan fingerprint density at radius 1 is 1.05 bits per heavy atom. The van der Waals surface area contributed by atoms with Gasteiger partial charge in [0.2, 0.25) is 0 Å². The molecular weight excluding hydrogens is 295 g/mol. The lowest BCUT2D eigenvalue weighted by Crippen LogP contribution is -2.13. The highest BCUT2D eigenvalue weighted by Crippen LogP contribution is 2.22. The van der Waals surface area contributed by atoms with Crippen LogP contribution in [0.2, 0.25) is 10.0 Å². The number of benzene rings is 2. The number of anilines is 1. The zero-order chi connectivity index (χ0) is 14.0. The average molecular weight is 302 g/mol. The van der Waals surface area contributed by atoms with Crippen LogP contribution in [-0.4, -0.2) is 5.91 Å². The Hall–Kier alpha value is -1.65. The fourth-order valence-electron chi connectivity index (χ4n) is 1.46. The number of halogens is 4. The summed E-state index contributed by atoms with van der Waals surface area (Å²) in [4.78, 5) is 11.9. The Bertz CT molecular complexity index is 647. The monoisotopic (exact) mass is 301 g/mol. The highest BCUT2D eigenvalue weighted by molar-refractivity contribution is 6.34. The quantitative estimate of drug-likeness (QED) is 0.812. The number of carbonyl (C=O) groups excluding carboxylic acids is 1. The van der Waals surface area contributed by atoms with Crippen LogP contribution in [0.25, 0.3) is 0 Å². The number of amides is 1. The maximum absolute atomic E-state index is 13.1. The summed E-state index contributed by atoms with van der Waals surface area (Å²) in [7, 11) is 0. The highest BCUT2D eigenvalue weighted by atomic mass is 35.5. The van der Waals surface area contributed by atoms with Crippen LogP contribution >= 0.6 is 23.2 Å². The van der Waals surface area contributed by atoms with Crippen LogP contribution in [0, 0.1) is 11.6 Å². The number of hydrogen-bond donors (Lipinski definition) is 1. The highest BCUT2D eigenvalue weighted by Gasteiger charge is 2.15. The molecule has 6 heteroatoms. The molecule has 0 aliphatic heterocycles. The van der Waals surface area contributed by atoms with E-state index in [1.54, 1.807) is 18.2 Å². The minimum atomic E-state index is -1.14. The minimum Gasteiger partial charge on any atom is -0.322 e. The molecule has 0 radical (unpaired) electrons. The van der Waals surface area contributed by atoms with Gasteiger partial charge in [0.1, 0.15) is 0 Å². The summed E-state index contributed by atoms with van der Waals surface area (Å²) < 4.78 is 26.0. The Labute approximate surface area is 118 Å². The standard InChI is InChI=1S/C13H7Cl2F2NO/c14-7-2-1-3-8(4-7)18-13(19)9-5-11(16)12(17)6-10(9)15/h1-6H,(H,18,19). The van der Waals surface area contributed by atoms with E-state index in [9.17, 15) is 13.6 Å². The fraction of sp³-hybridized carbons (Fsp3) is 0. The first-order valence-corrected chi connectivity index (χ1v) is 5.94. The smallest absolute Gasteiger partial charge is 0.257 e. The third kappa shape index (κ3) is 3.22. The van der Waals surface area contributed by atoms with Crippen LogP contribution in [-0.2, 0) is 0 Å². The van der Waals surface area contributed by atoms with Gasteiger partial charge in [-0.1, -0.05) is 29.3 Å². The van der Waals surface area contributed by atoms with E-state index in [0.29, 0.717) is 10.7 Å². The Morgan fingerprint density at radius 3 is 2.42 bits per heavy atom. The molecule has 0 heterocycles. The van der Waals surface area contributed by atoms with Crippen molar-refractivity contribution in [2.24, 2.45) is 0 Å². The van der Waals surface area contributed by atoms with Gasteiger partial charge in [-0.25, -0.2) is 8.78 Å². The molecular formula is C13H7Cl2F2NO. The molecule has 2 aromatic carbocycles. The molecule has 0 bridgehead atoms. The van der Waals surface area contributed by atoms with Crippen molar-refractivity contribution in [3.05, 3.63) is 63.6 Å².